The van der Waals surface area contributed by atoms with E-state index in [2.05, 4.69) is 26.1 Å². The number of hydrogen-bond acceptors (Lipinski definition) is 2. The monoisotopic (exact) mass is 270 g/mol. The number of fused-ring (bicyclic) bond motifs is 3. The summed E-state index contributed by atoms with van der Waals surface area (Å²) in [6, 6.07) is 4.02. The Labute approximate surface area is 96.6 Å². The average molecular weight is 271 g/mol. The number of rotatable bonds is 0. The van der Waals surface area contributed by atoms with Gasteiger partial charge in [0.1, 0.15) is 5.82 Å². The van der Waals surface area contributed by atoms with Gasteiger partial charge in [-0.2, -0.15) is 0 Å². The third-order valence-electron chi connectivity index (χ3n) is 3.25. The molecule has 1 fully saturated rings. The Morgan fingerprint density at radius 3 is 3.20 bits per heavy atom. The van der Waals surface area contributed by atoms with E-state index >= 15 is 0 Å². The van der Waals surface area contributed by atoms with Crippen molar-refractivity contribution in [3.63, 3.8) is 0 Å². The molecule has 4 heteroatoms. The normalized spacial score (nSPS) is 23.3. The van der Waals surface area contributed by atoms with Gasteiger partial charge in [0.2, 0.25) is 0 Å². The summed E-state index contributed by atoms with van der Waals surface area (Å²) in [5.74, 6) is -0.178. The van der Waals surface area contributed by atoms with Crippen LogP contribution in [0.5, 0.6) is 0 Å². The van der Waals surface area contributed by atoms with E-state index in [1.54, 1.807) is 6.07 Å². The fraction of sp³-hybridized carbons (Fsp3) is 0.455. The van der Waals surface area contributed by atoms with Crippen molar-refractivity contribution < 1.29 is 4.39 Å². The van der Waals surface area contributed by atoms with E-state index in [0.29, 0.717) is 10.5 Å². The molecular weight excluding hydrogens is 259 g/mol. The van der Waals surface area contributed by atoms with Crippen LogP contribution in [0.3, 0.4) is 0 Å². The molecule has 15 heavy (non-hydrogen) atoms. The van der Waals surface area contributed by atoms with Gasteiger partial charge in [0, 0.05) is 25.2 Å². The Balaban J connectivity index is 2.09. The molecular formula is C11H12BrFN2. The van der Waals surface area contributed by atoms with Crippen LogP contribution in [-0.4, -0.2) is 19.1 Å². The third-order valence-corrected chi connectivity index (χ3v) is 3.86. The molecule has 2 nitrogen and oxygen atoms in total. The first kappa shape index (κ1) is 9.46. The summed E-state index contributed by atoms with van der Waals surface area (Å²) in [5.41, 5.74) is 2.06. The van der Waals surface area contributed by atoms with Crippen LogP contribution in [0.1, 0.15) is 12.8 Å². The highest BCUT2D eigenvalue weighted by atomic mass is 79.9. The lowest BCUT2D eigenvalue weighted by Gasteiger charge is -2.34. The predicted molar refractivity (Wildman–Crippen MR) is 63.0 cm³/mol. The minimum absolute atomic E-state index is 0.178. The summed E-state index contributed by atoms with van der Waals surface area (Å²) < 4.78 is 14.0. The molecule has 1 unspecified atom stereocenters. The molecule has 0 saturated carbocycles. The second-order valence-corrected chi connectivity index (χ2v) is 5.01. The van der Waals surface area contributed by atoms with Gasteiger partial charge in [0.25, 0.3) is 0 Å². The van der Waals surface area contributed by atoms with Gasteiger partial charge in [-0.25, -0.2) is 4.39 Å². The first-order valence-electron chi connectivity index (χ1n) is 5.25. The highest BCUT2D eigenvalue weighted by Crippen LogP contribution is 2.38. The largest absolute Gasteiger partial charge is 0.381 e. The van der Waals surface area contributed by atoms with E-state index in [4.69, 9.17) is 0 Å². The zero-order valence-corrected chi connectivity index (χ0v) is 9.85. The topological polar surface area (TPSA) is 15.3 Å². The molecule has 2 aliphatic rings. The summed E-state index contributed by atoms with van der Waals surface area (Å²) in [4.78, 5) is 2.32. The van der Waals surface area contributed by atoms with Crippen LogP contribution in [0.25, 0.3) is 0 Å². The zero-order chi connectivity index (χ0) is 10.4. The third kappa shape index (κ3) is 1.42. The molecule has 1 aromatic carbocycles. The van der Waals surface area contributed by atoms with E-state index < -0.39 is 0 Å². The van der Waals surface area contributed by atoms with E-state index in [9.17, 15) is 4.39 Å². The number of halogens is 2. The van der Waals surface area contributed by atoms with Crippen molar-refractivity contribution in [2.45, 2.75) is 18.9 Å². The number of anilines is 2. The smallest absolute Gasteiger partial charge is 0.139 e. The van der Waals surface area contributed by atoms with E-state index in [0.717, 1.165) is 24.5 Å². The van der Waals surface area contributed by atoms with Gasteiger partial charge in [-0.1, -0.05) is 0 Å². The number of hydrogen-bond donors (Lipinski definition) is 1. The van der Waals surface area contributed by atoms with E-state index in [1.807, 2.05) is 6.07 Å². The lowest BCUT2D eigenvalue weighted by atomic mass is 10.1. The standard InChI is InChI=1S/C11H12BrFN2/c12-8-4-10-11(5-9(8)13)15-3-1-2-7(15)6-14-10/h4-5,7,14H,1-3,6H2. The van der Waals surface area contributed by atoms with Gasteiger partial charge >= 0.3 is 0 Å². The van der Waals surface area contributed by atoms with Crippen LogP contribution in [-0.2, 0) is 0 Å². The first-order valence-corrected chi connectivity index (χ1v) is 6.04. The zero-order valence-electron chi connectivity index (χ0n) is 8.26. The van der Waals surface area contributed by atoms with Crippen molar-refractivity contribution in [3.8, 4) is 0 Å². The van der Waals surface area contributed by atoms with Crippen LogP contribution in [0.4, 0.5) is 15.8 Å². The summed E-state index contributed by atoms with van der Waals surface area (Å²) in [6.45, 7) is 2.03. The maximum atomic E-state index is 13.5. The molecule has 0 aromatic heterocycles. The molecule has 0 spiro atoms. The quantitative estimate of drug-likeness (QED) is 0.780. The molecule has 2 aliphatic heterocycles. The molecule has 0 radical (unpaired) electrons. The highest BCUT2D eigenvalue weighted by Gasteiger charge is 2.30. The lowest BCUT2D eigenvalue weighted by Crippen LogP contribution is -2.39. The Morgan fingerprint density at radius 2 is 2.33 bits per heavy atom. The van der Waals surface area contributed by atoms with Crippen molar-refractivity contribution in [3.05, 3.63) is 22.4 Å². The molecule has 2 heterocycles. The van der Waals surface area contributed by atoms with Crippen LogP contribution in [0.15, 0.2) is 16.6 Å². The Bertz CT molecular complexity index is 408. The summed E-state index contributed by atoms with van der Waals surface area (Å²) in [7, 11) is 0. The SMILES string of the molecule is Fc1cc2c(cc1Br)NCC1CCCN21. The highest BCUT2D eigenvalue weighted by molar-refractivity contribution is 9.10. The van der Waals surface area contributed by atoms with Crippen LogP contribution < -0.4 is 10.2 Å². The molecule has 0 amide bonds. The van der Waals surface area contributed by atoms with Gasteiger partial charge in [-0.3, -0.25) is 0 Å². The second-order valence-electron chi connectivity index (χ2n) is 4.15. The second kappa shape index (κ2) is 3.37. The molecule has 1 atom stereocenters. The number of benzene rings is 1. The minimum atomic E-state index is -0.178. The van der Waals surface area contributed by atoms with Crippen molar-refractivity contribution in [1.29, 1.82) is 0 Å². The minimum Gasteiger partial charge on any atom is -0.381 e. The average Bonchev–Trinajstić information content (AvgIpc) is 2.68. The molecule has 0 bridgehead atoms. The summed E-state index contributed by atoms with van der Waals surface area (Å²) >= 11 is 3.21. The summed E-state index contributed by atoms with van der Waals surface area (Å²) in [5, 5.41) is 3.36. The van der Waals surface area contributed by atoms with Crippen LogP contribution in [0.2, 0.25) is 0 Å². The molecule has 1 N–H and O–H groups in total. The van der Waals surface area contributed by atoms with Gasteiger partial charge in [-0.05, 0) is 34.8 Å². The summed E-state index contributed by atoms with van der Waals surface area (Å²) in [6.07, 6.45) is 2.42. The van der Waals surface area contributed by atoms with Gasteiger partial charge in [0.15, 0.2) is 0 Å². The van der Waals surface area contributed by atoms with Crippen LogP contribution in [0, 0.1) is 5.82 Å². The lowest BCUT2D eigenvalue weighted by molar-refractivity contribution is 0.616. The Kier molecular flexibility index (Phi) is 2.12. The van der Waals surface area contributed by atoms with Crippen molar-refractivity contribution >= 4 is 27.3 Å². The number of nitrogens with one attached hydrogen (secondary N) is 1. The van der Waals surface area contributed by atoms with Crippen molar-refractivity contribution in [2.24, 2.45) is 0 Å². The fourth-order valence-corrected chi connectivity index (χ4v) is 2.85. The molecule has 3 rings (SSSR count). The predicted octanol–water partition coefficient (Wildman–Crippen LogP) is 2.98. The molecule has 1 aromatic rings. The van der Waals surface area contributed by atoms with Gasteiger partial charge in [-0.15, -0.1) is 0 Å². The Morgan fingerprint density at radius 1 is 1.47 bits per heavy atom. The van der Waals surface area contributed by atoms with Gasteiger partial charge < -0.3 is 10.2 Å². The van der Waals surface area contributed by atoms with Gasteiger partial charge in [0.05, 0.1) is 15.8 Å². The number of nitrogens with zero attached hydrogens (tertiary/aromatic N) is 1. The van der Waals surface area contributed by atoms with Crippen LogP contribution >= 0.6 is 15.9 Å². The molecule has 80 valence electrons. The Hall–Kier alpha value is -0.770. The molecule has 1 saturated heterocycles. The maximum absolute atomic E-state index is 13.5. The van der Waals surface area contributed by atoms with Crippen molar-refractivity contribution in [1.82, 2.24) is 0 Å². The fourth-order valence-electron chi connectivity index (χ4n) is 2.51. The van der Waals surface area contributed by atoms with Crippen molar-refractivity contribution in [2.75, 3.05) is 23.3 Å². The van der Waals surface area contributed by atoms with E-state index in [1.165, 1.54) is 12.8 Å². The maximum Gasteiger partial charge on any atom is 0.139 e. The first-order chi connectivity index (χ1) is 7.25. The molecule has 0 aliphatic carbocycles. The van der Waals surface area contributed by atoms with E-state index in [-0.39, 0.29) is 5.82 Å².